The molecule has 1 aromatic rings. The van der Waals surface area contributed by atoms with Gasteiger partial charge in [0.15, 0.2) is 0 Å². The molecule has 1 unspecified atom stereocenters. The summed E-state index contributed by atoms with van der Waals surface area (Å²) in [5, 5.41) is 0. The first-order valence-electron chi connectivity index (χ1n) is 5.41. The van der Waals surface area contributed by atoms with Gasteiger partial charge in [-0.05, 0) is 24.3 Å². The van der Waals surface area contributed by atoms with Crippen molar-refractivity contribution in [2.45, 2.75) is 18.9 Å². The van der Waals surface area contributed by atoms with Crippen LogP contribution >= 0.6 is 11.8 Å². The number of hydrogen-bond acceptors (Lipinski definition) is 4. The predicted molar refractivity (Wildman–Crippen MR) is 65.2 cm³/mol. The Morgan fingerprint density at radius 2 is 2.47 bits per heavy atom. The molecule has 1 amide bonds. The van der Waals surface area contributed by atoms with Crippen molar-refractivity contribution in [3.05, 3.63) is 18.3 Å². The fourth-order valence-corrected chi connectivity index (χ4v) is 2.06. The van der Waals surface area contributed by atoms with Crippen LogP contribution in [0.5, 0.6) is 5.88 Å². The summed E-state index contributed by atoms with van der Waals surface area (Å²) in [5.41, 5.74) is 0.815. The lowest BCUT2D eigenvalue weighted by Gasteiger charge is -2.30. The number of hydrogen-bond donors (Lipinski definition) is 1. The number of methoxy groups -OCH3 is 1. The number of anilines is 1. The molecule has 1 atom stereocenters. The molecule has 0 bridgehead atoms. The van der Waals surface area contributed by atoms with Crippen LogP contribution in [0.15, 0.2) is 18.3 Å². The van der Waals surface area contributed by atoms with Crippen molar-refractivity contribution in [1.29, 1.82) is 0 Å². The van der Waals surface area contributed by atoms with E-state index in [0.717, 1.165) is 12.1 Å². The number of aromatic nitrogens is 1. The number of carbonyl (C=O) groups is 1. The molecule has 2 rings (SSSR count). The lowest BCUT2D eigenvalue weighted by Crippen LogP contribution is -2.44. The molecule has 1 aliphatic heterocycles. The SMILES string of the molecule is COc1cc(N2CCC(NCl)CC2=O)ccn1. The summed E-state index contributed by atoms with van der Waals surface area (Å²) in [6.07, 6.45) is 2.88. The van der Waals surface area contributed by atoms with E-state index in [2.05, 4.69) is 9.82 Å². The number of pyridine rings is 1. The number of carbonyl (C=O) groups excluding carboxylic acids is 1. The fourth-order valence-electron chi connectivity index (χ4n) is 1.88. The first-order chi connectivity index (χ1) is 8.24. The third-order valence-electron chi connectivity index (χ3n) is 2.82. The summed E-state index contributed by atoms with van der Waals surface area (Å²) in [6.45, 7) is 0.649. The van der Waals surface area contributed by atoms with Crippen LogP contribution in [-0.4, -0.2) is 30.6 Å². The van der Waals surface area contributed by atoms with Gasteiger partial charge >= 0.3 is 0 Å². The summed E-state index contributed by atoms with van der Waals surface area (Å²) in [4.78, 5) is 20.3. The quantitative estimate of drug-likeness (QED) is 0.828. The molecule has 0 saturated carbocycles. The van der Waals surface area contributed by atoms with Crippen molar-refractivity contribution in [2.24, 2.45) is 0 Å². The summed E-state index contributed by atoms with van der Waals surface area (Å²) < 4.78 is 5.04. The highest BCUT2D eigenvalue weighted by Crippen LogP contribution is 2.23. The molecule has 92 valence electrons. The Kier molecular flexibility index (Phi) is 3.81. The normalized spacial score (nSPS) is 20.5. The second-order valence-electron chi connectivity index (χ2n) is 3.90. The van der Waals surface area contributed by atoms with Gasteiger partial charge in [-0.15, -0.1) is 0 Å². The molecule has 5 nitrogen and oxygen atoms in total. The van der Waals surface area contributed by atoms with E-state index < -0.39 is 0 Å². The molecule has 1 N–H and O–H groups in total. The van der Waals surface area contributed by atoms with Crippen LogP contribution in [0.4, 0.5) is 5.69 Å². The number of rotatable bonds is 3. The van der Waals surface area contributed by atoms with Crippen LogP contribution in [0.1, 0.15) is 12.8 Å². The zero-order valence-corrected chi connectivity index (χ0v) is 10.3. The molecule has 0 radical (unpaired) electrons. The van der Waals surface area contributed by atoms with Crippen LogP contribution in [0.3, 0.4) is 0 Å². The lowest BCUT2D eigenvalue weighted by atomic mass is 10.0. The average Bonchev–Trinajstić information content (AvgIpc) is 2.38. The topological polar surface area (TPSA) is 54.5 Å². The van der Waals surface area contributed by atoms with E-state index >= 15 is 0 Å². The largest absolute Gasteiger partial charge is 0.481 e. The van der Waals surface area contributed by atoms with E-state index in [1.807, 2.05) is 0 Å². The fraction of sp³-hybridized carbons (Fsp3) is 0.455. The number of ether oxygens (including phenoxy) is 1. The maximum Gasteiger partial charge on any atom is 0.228 e. The number of piperidine rings is 1. The third-order valence-corrected chi connectivity index (χ3v) is 3.13. The van der Waals surface area contributed by atoms with Crippen molar-refractivity contribution in [1.82, 2.24) is 9.82 Å². The van der Waals surface area contributed by atoms with Crippen molar-refractivity contribution < 1.29 is 9.53 Å². The van der Waals surface area contributed by atoms with E-state index in [0.29, 0.717) is 18.8 Å². The van der Waals surface area contributed by atoms with E-state index in [-0.39, 0.29) is 11.9 Å². The summed E-state index contributed by atoms with van der Waals surface area (Å²) in [7, 11) is 1.55. The minimum atomic E-state index is 0.0580. The number of nitrogens with zero attached hydrogens (tertiary/aromatic N) is 2. The van der Waals surface area contributed by atoms with Gasteiger partial charge in [-0.1, -0.05) is 0 Å². The van der Waals surface area contributed by atoms with Crippen LogP contribution in [-0.2, 0) is 4.79 Å². The molecule has 1 saturated heterocycles. The van der Waals surface area contributed by atoms with Gasteiger partial charge in [-0.25, -0.2) is 9.82 Å². The molecule has 17 heavy (non-hydrogen) atoms. The molecular formula is C11H14ClN3O2. The van der Waals surface area contributed by atoms with Gasteiger partial charge < -0.3 is 9.64 Å². The van der Waals surface area contributed by atoms with Crippen molar-refractivity contribution in [3.63, 3.8) is 0 Å². The molecule has 1 aromatic heterocycles. The Morgan fingerprint density at radius 3 is 3.12 bits per heavy atom. The molecule has 0 spiro atoms. The summed E-state index contributed by atoms with van der Waals surface area (Å²) in [5.74, 6) is 0.565. The van der Waals surface area contributed by atoms with Gasteiger partial charge in [-0.2, -0.15) is 0 Å². The van der Waals surface area contributed by atoms with E-state index in [4.69, 9.17) is 16.5 Å². The number of nitrogens with one attached hydrogen (secondary N) is 1. The first kappa shape index (κ1) is 12.1. The van der Waals surface area contributed by atoms with Crippen LogP contribution in [0.2, 0.25) is 0 Å². The summed E-state index contributed by atoms with van der Waals surface area (Å²) >= 11 is 5.54. The van der Waals surface area contributed by atoms with Crippen LogP contribution in [0, 0.1) is 0 Å². The van der Waals surface area contributed by atoms with Crippen LogP contribution < -0.4 is 14.5 Å². The minimum absolute atomic E-state index is 0.0580. The Labute approximate surface area is 105 Å². The van der Waals surface area contributed by atoms with E-state index in [9.17, 15) is 4.79 Å². The molecule has 6 heteroatoms. The zero-order chi connectivity index (χ0) is 12.3. The monoisotopic (exact) mass is 255 g/mol. The maximum absolute atomic E-state index is 11.9. The highest BCUT2D eigenvalue weighted by atomic mass is 35.5. The van der Waals surface area contributed by atoms with Crippen LogP contribution in [0.25, 0.3) is 0 Å². The molecule has 1 aliphatic rings. The lowest BCUT2D eigenvalue weighted by molar-refractivity contribution is -0.119. The molecular weight excluding hydrogens is 242 g/mol. The van der Waals surface area contributed by atoms with Gasteiger partial charge in [0.25, 0.3) is 0 Å². The van der Waals surface area contributed by atoms with Gasteiger partial charge in [0.2, 0.25) is 11.8 Å². The molecule has 1 fully saturated rings. The zero-order valence-electron chi connectivity index (χ0n) is 9.52. The highest BCUT2D eigenvalue weighted by Gasteiger charge is 2.26. The number of halogens is 1. The first-order valence-corrected chi connectivity index (χ1v) is 5.79. The van der Waals surface area contributed by atoms with Gasteiger partial charge in [0.1, 0.15) is 0 Å². The Balaban J connectivity index is 2.14. The number of amides is 1. The molecule has 2 heterocycles. The third kappa shape index (κ3) is 2.68. The predicted octanol–water partition coefficient (Wildman–Crippen LogP) is 1.33. The second kappa shape index (κ2) is 5.33. The van der Waals surface area contributed by atoms with Gasteiger partial charge in [0, 0.05) is 31.3 Å². The Bertz CT molecular complexity index is 413. The maximum atomic E-state index is 11.9. The Morgan fingerprint density at radius 1 is 1.65 bits per heavy atom. The smallest absolute Gasteiger partial charge is 0.228 e. The standard InChI is InChI=1S/C11H14ClN3O2/c1-17-10-7-9(2-4-13-10)15-5-3-8(14-12)6-11(15)16/h2,4,7-8,14H,3,5-6H2,1H3. The molecule has 0 aromatic carbocycles. The van der Waals surface area contributed by atoms with E-state index in [1.54, 1.807) is 30.3 Å². The summed E-state index contributed by atoms with van der Waals surface area (Å²) in [6, 6.07) is 3.62. The minimum Gasteiger partial charge on any atom is -0.481 e. The Hall–Kier alpha value is -1.33. The molecule has 0 aliphatic carbocycles. The van der Waals surface area contributed by atoms with Crippen molar-refractivity contribution in [3.8, 4) is 5.88 Å². The second-order valence-corrected chi connectivity index (χ2v) is 4.12. The van der Waals surface area contributed by atoms with Gasteiger partial charge in [-0.3, -0.25) is 4.79 Å². The van der Waals surface area contributed by atoms with Gasteiger partial charge in [0.05, 0.1) is 12.8 Å². The van der Waals surface area contributed by atoms with Crippen molar-refractivity contribution in [2.75, 3.05) is 18.6 Å². The van der Waals surface area contributed by atoms with Crippen molar-refractivity contribution >= 4 is 23.4 Å². The highest BCUT2D eigenvalue weighted by molar-refractivity contribution is 6.13. The van der Waals surface area contributed by atoms with E-state index in [1.165, 1.54) is 0 Å². The average molecular weight is 256 g/mol.